The molecule has 0 radical (unpaired) electrons. The Morgan fingerprint density at radius 2 is 1.57 bits per heavy atom. The second-order valence-corrected chi connectivity index (χ2v) is 9.06. The van der Waals surface area contributed by atoms with Gasteiger partial charge in [0.15, 0.2) is 11.5 Å². The first-order valence-electron chi connectivity index (χ1n) is 12.7. The topological polar surface area (TPSA) is 54.0 Å². The summed E-state index contributed by atoms with van der Waals surface area (Å²) in [6.45, 7) is 11.8. The van der Waals surface area contributed by atoms with E-state index < -0.39 is 0 Å². The van der Waals surface area contributed by atoms with Crippen LogP contribution in [0.5, 0.6) is 11.5 Å². The van der Waals surface area contributed by atoms with E-state index in [1.165, 1.54) is 22.5 Å². The maximum absolute atomic E-state index is 5.81. The number of hydrogen-bond acceptors (Lipinski definition) is 7. The Labute approximate surface area is 208 Å². The minimum atomic E-state index is 0.627. The van der Waals surface area contributed by atoms with E-state index in [4.69, 9.17) is 19.4 Å². The Hall–Kier alpha value is -3.32. The van der Waals surface area contributed by atoms with Crippen molar-refractivity contribution in [1.82, 2.24) is 14.9 Å². The van der Waals surface area contributed by atoms with Gasteiger partial charge in [0.2, 0.25) is 5.95 Å². The number of nitrogens with zero attached hydrogens (tertiary/aromatic N) is 5. The number of para-hydroxylation sites is 1. The van der Waals surface area contributed by atoms with Crippen LogP contribution in [0.25, 0.3) is 0 Å². The summed E-state index contributed by atoms with van der Waals surface area (Å²) in [7, 11) is 0. The molecule has 1 fully saturated rings. The fraction of sp³-hybridized carbons (Fsp3) is 0.429. The molecule has 2 aromatic carbocycles. The standard InChI is InChI=1S/C28H35N5O2/c1-3-34-26-11-10-22(18-27(26)35-4-2)20-31-13-12-25-23(21-31)19-29-28(30-25)33-16-14-32(15-17-33)24-8-6-5-7-9-24/h5-11,18-19H,3-4,12-17,20-21H2,1-2H3. The normalized spacial score (nSPS) is 16.2. The van der Waals surface area contributed by atoms with Crippen LogP contribution >= 0.6 is 0 Å². The van der Waals surface area contributed by atoms with Crippen molar-refractivity contribution in [2.45, 2.75) is 33.4 Å². The van der Waals surface area contributed by atoms with Gasteiger partial charge in [0.25, 0.3) is 0 Å². The Balaban J connectivity index is 1.20. The van der Waals surface area contributed by atoms with Gasteiger partial charge in [0.05, 0.1) is 18.9 Å². The zero-order chi connectivity index (χ0) is 24.0. The van der Waals surface area contributed by atoms with Gasteiger partial charge in [-0.05, 0) is 43.7 Å². The number of fused-ring (bicyclic) bond motifs is 1. The van der Waals surface area contributed by atoms with Gasteiger partial charge in [0.1, 0.15) is 0 Å². The summed E-state index contributed by atoms with van der Waals surface area (Å²) in [6, 6.07) is 16.9. The van der Waals surface area contributed by atoms with Crippen molar-refractivity contribution in [2.24, 2.45) is 0 Å². The molecular formula is C28H35N5O2. The number of aromatic nitrogens is 2. The Bertz CT molecular complexity index is 1120. The number of rotatable bonds is 8. The molecule has 0 bridgehead atoms. The van der Waals surface area contributed by atoms with E-state index in [-0.39, 0.29) is 0 Å². The lowest BCUT2D eigenvalue weighted by molar-refractivity contribution is 0.241. The third-order valence-electron chi connectivity index (χ3n) is 6.70. The van der Waals surface area contributed by atoms with Crippen LogP contribution in [-0.4, -0.2) is 60.8 Å². The third-order valence-corrected chi connectivity index (χ3v) is 6.70. The molecule has 0 amide bonds. The van der Waals surface area contributed by atoms with Crippen LogP contribution < -0.4 is 19.3 Å². The molecule has 7 heteroatoms. The average Bonchev–Trinajstić information content (AvgIpc) is 2.91. The summed E-state index contributed by atoms with van der Waals surface area (Å²) in [6.07, 6.45) is 2.99. The SMILES string of the molecule is CCOc1ccc(CN2CCc3nc(N4CCN(c5ccccc5)CC4)ncc3C2)cc1OCC. The molecule has 7 nitrogen and oxygen atoms in total. The zero-order valence-corrected chi connectivity index (χ0v) is 20.8. The molecule has 3 heterocycles. The Morgan fingerprint density at radius 1 is 0.829 bits per heavy atom. The van der Waals surface area contributed by atoms with Gasteiger partial charge in [-0.3, -0.25) is 4.90 Å². The van der Waals surface area contributed by atoms with Gasteiger partial charge in [-0.2, -0.15) is 0 Å². The maximum atomic E-state index is 5.81. The van der Waals surface area contributed by atoms with Crippen LogP contribution in [-0.2, 0) is 19.5 Å². The highest BCUT2D eigenvalue weighted by molar-refractivity contribution is 5.48. The minimum Gasteiger partial charge on any atom is -0.490 e. The number of benzene rings is 2. The summed E-state index contributed by atoms with van der Waals surface area (Å²) >= 11 is 0. The van der Waals surface area contributed by atoms with Gasteiger partial charge < -0.3 is 19.3 Å². The molecule has 0 atom stereocenters. The smallest absolute Gasteiger partial charge is 0.225 e. The highest BCUT2D eigenvalue weighted by Gasteiger charge is 2.23. The van der Waals surface area contributed by atoms with Crippen LogP contribution in [0.2, 0.25) is 0 Å². The molecule has 0 N–H and O–H groups in total. The van der Waals surface area contributed by atoms with E-state index in [0.717, 1.165) is 69.7 Å². The van der Waals surface area contributed by atoms with Crippen molar-refractivity contribution in [1.29, 1.82) is 0 Å². The second kappa shape index (κ2) is 11.0. The first-order chi connectivity index (χ1) is 17.2. The van der Waals surface area contributed by atoms with E-state index in [1.807, 2.05) is 26.1 Å². The highest BCUT2D eigenvalue weighted by Crippen LogP contribution is 2.30. The van der Waals surface area contributed by atoms with E-state index in [1.54, 1.807) is 0 Å². The van der Waals surface area contributed by atoms with Crippen LogP contribution in [0.4, 0.5) is 11.6 Å². The predicted molar refractivity (Wildman–Crippen MR) is 139 cm³/mol. The first kappa shape index (κ1) is 23.4. The lowest BCUT2D eigenvalue weighted by Crippen LogP contribution is -2.47. The van der Waals surface area contributed by atoms with Crippen molar-refractivity contribution in [3.05, 3.63) is 71.5 Å². The van der Waals surface area contributed by atoms with Crippen LogP contribution in [0, 0.1) is 0 Å². The van der Waals surface area contributed by atoms with Gasteiger partial charge in [-0.1, -0.05) is 24.3 Å². The zero-order valence-electron chi connectivity index (χ0n) is 20.8. The van der Waals surface area contributed by atoms with E-state index >= 15 is 0 Å². The average molecular weight is 474 g/mol. The number of ether oxygens (including phenoxy) is 2. The van der Waals surface area contributed by atoms with Crippen LogP contribution in [0.15, 0.2) is 54.7 Å². The first-order valence-corrected chi connectivity index (χ1v) is 12.7. The summed E-state index contributed by atoms with van der Waals surface area (Å²) in [4.78, 5) is 16.9. The maximum Gasteiger partial charge on any atom is 0.225 e. The molecule has 0 unspecified atom stereocenters. The molecule has 2 aliphatic heterocycles. The fourth-order valence-corrected chi connectivity index (χ4v) is 4.91. The molecule has 0 spiro atoms. The van der Waals surface area contributed by atoms with Gasteiger partial charge >= 0.3 is 0 Å². The van der Waals surface area contributed by atoms with Crippen molar-refractivity contribution >= 4 is 11.6 Å². The third kappa shape index (κ3) is 5.51. The number of anilines is 2. The van der Waals surface area contributed by atoms with E-state index in [9.17, 15) is 0 Å². The molecule has 2 aliphatic rings. The lowest BCUT2D eigenvalue weighted by atomic mass is 10.1. The van der Waals surface area contributed by atoms with Gasteiger partial charge in [-0.15, -0.1) is 0 Å². The summed E-state index contributed by atoms with van der Waals surface area (Å²) in [5.41, 5.74) is 4.95. The lowest BCUT2D eigenvalue weighted by Gasteiger charge is -2.36. The molecule has 3 aromatic rings. The summed E-state index contributed by atoms with van der Waals surface area (Å²) < 4.78 is 11.5. The van der Waals surface area contributed by atoms with Crippen LogP contribution in [0.3, 0.4) is 0 Å². The summed E-state index contributed by atoms with van der Waals surface area (Å²) in [5.74, 6) is 2.51. The van der Waals surface area contributed by atoms with Crippen molar-refractivity contribution in [3.63, 3.8) is 0 Å². The van der Waals surface area contributed by atoms with Gasteiger partial charge in [0, 0.05) is 69.7 Å². The molecule has 5 rings (SSSR count). The van der Waals surface area contributed by atoms with E-state index in [0.29, 0.717) is 13.2 Å². The summed E-state index contributed by atoms with van der Waals surface area (Å²) in [5, 5.41) is 0. The molecule has 1 saturated heterocycles. The second-order valence-electron chi connectivity index (χ2n) is 9.06. The molecule has 0 saturated carbocycles. The molecule has 1 aromatic heterocycles. The Morgan fingerprint density at radius 3 is 2.34 bits per heavy atom. The van der Waals surface area contributed by atoms with Crippen molar-refractivity contribution < 1.29 is 9.47 Å². The molecular weight excluding hydrogens is 438 g/mol. The Kier molecular flexibility index (Phi) is 7.33. The molecule has 35 heavy (non-hydrogen) atoms. The highest BCUT2D eigenvalue weighted by atomic mass is 16.5. The van der Waals surface area contributed by atoms with Crippen molar-refractivity contribution in [2.75, 3.05) is 55.7 Å². The van der Waals surface area contributed by atoms with Crippen LogP contribution in [0.1, 0.15) is 30.7 Å². The largest absolute Gasteiger partial charge is 0.490 e. The van der Waals surface area contributed by atoms with E-state index in [2.05, 4.69) is 57.2 Å². The quantitative estimate of drug-likeness (QED) is 0.487. The van der Waals surface area contributed by atoms with Gasteiger partial charge in [-0.25, -0.2) is 9.97 Å². The molecule has 184 valence electrons. The molecule has 0 aliphatic carbocycles. The van der Waals surface area contributed by atoms with Crippen molar-refractivity contribution in [3.8, 4) is 11.5 Å². The predicted octanol–water partition coefficient (Wildman–Crippen LogP) is 4.16. The number of hydrogen-bond donors (Lipinski definition) is 0. The number of piperazine rings is 1. The minimum absolute atomic E-state index is 0.627. The fourth-order valence-electron chi connectivity index (χ4n) is 4.91. The monoisotopic (exact) mass is 473 g/mol.